The summed E-state index contributed by atoms with van der Waals surface area (Å²) in [6.07, 6.45) is 1.85. The van der Waals surface area contributed by atoms with E-state index in [1.165, 1.54) is 6.08 Å². The number of hydrogen-bond donors (Lipinski definition) is 2. The van der Waals surface area contributed by atoms with Crippen molar-refractivity contribution in [2.45, 2.75) is 12.8 Å². The maximum atomic E-state index is 11.7. The number of anilines is 2. The second kappa shape index (κ2) is 7.05. The Morgan fingerprint density at radius 3 is 1.72 bits per heavy atom. The molecule has 0 atom stereocenters. The van der Waals surface area contributed by atoms with Gasteiger partial charge in [0.1, 0.15) is 0 Å². The van der Waals surface area contributed by atoms with Crippen LogP contribution in [-0.4, -0.2) is 22.2 Å². The SMILES string of the molecule is O=C(O)C1=CC(N(c2ccccc2)c2ccccc2)=C(C(=O)O)CC1. The molecular formula is C20H17NO4. The number of aliphatic carboxylic acids is 2. The molecule has 25 heavy (non-hydrogen) atoms. The topological polar surface area (TPSA) is 77.8 Å². The lowest BCUT2D eigenvalue weighted by atomic mass is 9.94. The van der Waals surface area contributed by atoms with E-state index in [-0.39, 0.29) is 24.0 Å². The van der Waals surface area contributed by atoms with Crippen molar-refractivity contribution < 1.29 is 19.8 Å². The van der Waals surface area contributed by atoms with Gasteiger partial charge in [-0.3, -0.25) is 0 Å². The second-order valence-electron chi connectivity index (χ2n) is 5.65. The van der Waals surface area contributed by atoms with Gasteiger partial charge in [0.05, 0.1) is 11.3 Å². The molecule has 0 spiro atoms. The number of nitrogens with zero attached hydrogens (tertiary/aromatic N) is 1. The Labute approximate surface area is 145 Å². The van der Waals surface area contributed by atoms with Crippen molar-refractivity contribution in [3.63, 3.8) is 0 Å². The van der Waals surface area contributed by atoms with Crippen LogP contribution in [0, 0.1) is 0 Å². The zero-order valence-corrected chi connectivity index (χ0v) is 13.4. The highest BCUT2D eigenvalue weighted by atomic mass is 16.4. The lowest BCUT2D eigenvalue weighted by Crippen LogP contribution is -2.23. The molecule has 0 radical (unpaired) electrons. The van der Waals surface area contributed by atoms with Crippen molar-refractivity contribution in [2.75, 3.05) is 4.90 Å². The third-order valence-electron chi connectivity index (χ3n) is 4.07. The van der Waals surface area contributed by atoms with Gasteiger partial charge < -0.3 is 15.1 Å². The van der Waals surface area contributed by atoms with E-state index in [2.05, 4.69) is 0 Å². The van der Waals surface area contributed by atoms with Crippen molar-refractivity contribution >= 4 is 23.3 Å². The first-order valence-corrected chi connectivity index (χ1v) is 7.88. The van der Waals surface area contributed by atoms with E-state index >= 15 is 0 Å². The van der Waals surface area contributed by atoms with Crippen LogP contribution < -0.4 is 4.90 Å². The molecule has 2 N–H and O–H groups in total. The molecule has 0 bridgehead atoms. The summed E-state index contributed by atoms with van der Waals surface area (Å²) in [7, 11) is 0. The number of allylic oxidation sites excluding steroid dienone is 1. The molecule has 5 nitrogen and oxygen atoms in total. The highest BCUT2D eigenvalue weighted by Crippen LogP contribution is 2.36. The van der Waals surface area contributed by atoms with Crippen molar-refractivity contribution in [1.29, 1.82) is 0 Å². The predicted molar refractivity (Wildman–Crippen MR) is 94.6 cm³/mol. The molecule has 0 aliphatic heterocycles. The number of rotatable bonds is 5. The largest absolute Gasteiger partial charge is 0.478 e. The second-order valence-corrected chi connectivity index (χ2v) is 5.65. The zero-order chi connectivity index (χ0) is 17.8. The highest BCUT2D eigenvalue weighted by molar-refractivity contribution is 5.95. The molecule has 0 aromatic heterocycles. The summed E-state index contributed by atoms with van der Waals surface area (Å²) in [5.74, 6) is -2.06. The van der Waals surface area contributed by atoms with Crippen LogP contribution in [0.2, 0.25) is 0 Å². The first kappa shape index (κ1) is 16.5. The van der Waals surface area contributed by atoms with Gasteiger partial charge >= 0.3 is 11.9 Å². The first-order chi connectivity index (χ1) is 12.1. The molecule has 0 saturated heterocycles. The van der Waals surface area contributed by atoms with Gasteiger partial charge in [0, 0.05) is 16.9 Å². The zero-order valence-electron chi connectivity index (χ0n) is 13.4. The maximum Gasteiger partial charge on any atom is 0.333 e. The number of benzene rings is 2. The third-order valence-corrected chi connectivity index (χ3v) is 4.07. The minimum Gasteiger partial charge on any atom is -0.478 e. The lowest BCUT2D eigenvalue weighted by molar-refractivity contribution is -0.134. The van der Waals surface area contributed by atoms with Gasteiger partial charge in [-0.15, -0.1) is 0 Å². The Kier molecular flexibility index (Phi) is 4.66. The first-order valence-electron chi connectivity index (χ1n) is 7.88. The van der Waals surface area contributed by atoms with Crippen LogP contribution in [0.4, 0.5) is 11.4 Å². The fraction of sp³-hybridized carbons (Fsp3) is 0.100. The summed E-state index contributed by atoms with van der Waals surface area (Å²) in [5.41, 5.74) is 2.33. The number of carbonyl (C=O) groups is 2. The Morgan fingerprint density at radius 1 is 0.760 bits per heavy atom. The van der Waals surface area contributed by atoms with E-state index in [1.54, 1.807) is 4.90 Å². The molecule has 3 rings (SSSR count). The van der Waals surface area contributed by atoms with Crippen molar-refractivity contribution in [1.82, 2.24) is 0 Å². The van der Waals surface area contributed by atoms with Crippen LogP contribution in [0.3, 0.4) is 0 Å². The molecule has 2 aromatic rings. The van der Waals surface area contributed by atoms with Gasteiger partial charge in [-0.2, -0.15) is 0 Å². The molecule has 126 valence electrons. The molecule has 1 aliphatic rings. The molecule has 0 fully saturated rings. The summed E-state index contributed by atoms with van der Waals surface area (Å²) >= 11 is 0. The van der Waals surface area contributed by atoms with E-state index in [9.17, 15) is 19.8 Å². The maximum absolute atomic E-state index is 11.7. The lowest BCUT2D eigenvalue weighted by Gasteiger charge is -2.30. The van der Waals surface area contributed by atoms with Crippen LogP contribution >= 0.6 is 0 Å². The Bertz CT molecular complexity index is 814. The van der Waals surface area contributed by atoms with Gasteiger partial charge in [-0.25, -0.2) is 9.59 Å². The molecule has 0 saturated carbocycles. The minimum atomic E-state index is -1.03. The third kappa shape index (κ3) is 3.45. The van der Waals surface area contributed by atoms with Crippen LogP contribution in [0.1, 0.15) is 12.8 Å². The van der Waals surface area contributed by atoms with Gasteiger partial charge in [-0.05, 0) is 43.2 Å². The Hall–Kier alpha value is -3.34. The number of carboxylic acid groups (broad SMARTS) is 2. The fourth-order valence-corrected chi connectivity index (χ4v) is 2.88. The normalized spacial score (nSPS) is 14.0. The van der Waals surface area contributed by atoms with E-state index in [0.717, 1.165) is 11.4 Å². The van der Waals surface area contributed by atoms with Crippen LogP contribution in [0.5, 0.6) is 0 Å². The molecule has 5 heteroatoms. The van der Waals surface area contributed by atoms with E-state index < -0.39 is 11.9 Å². The van der Waals surface area contributed by atoms with E-state index in [4.69, 9.17) is 0 Å². The quantitative estimate of drug-likeness (QED) is 0.864. The smallest absolute Gasteiger partial charge is 0.333 e. The molecule has 2 aromatic carbocycles. The molecule has 0 amide bonds. The Balaban J connectivity index is 2.23. The number of hydrogen-bond acceptors (Lipinski definition) is 3. The van der Waals surface area contributed by atoms with Crippen molar-refractivity contribution in [3.05, 3.63) is 83.6 Å². The monoisotopic (exact) mass is 335 g/mol. The van der Waals surface area contributed by atoms with E-state index in [0.29, 0.717) is 5.70 Å². The summed E-state index contributed by atoms with van der Waals surface area (Å²) in [4.78, 5) is 24.9. The molecule has 1 aliphatic carbocycles. The highest BCUT2D eigenvalue weighted by Gasteiger charge is 2.26. The van der Waals surface area contributed by atoms with Gasteiger partial charge in [-0.1, -0.05) is 36.4 Å². The van der Waals surface area contributed by atoms with Gasteiger partial charge in [0.25, 0.3) is 0 Å². The van der Waals surface area contributed by atoms with Crippen LogP contribution in [0.25, 0.3) is 0 Å². The van der Waals surface area contributed by atoms with Crippen molar-refractivity contribution in [3.8, 4) is 0 Å². The van der Waals surface area contributed by atoms with Gasteiger partial charge in [0.15, 0.2) is 0 Å². The molecule has 0 unspecified atom stereocenters. The van der Waals surface area contributed by atoms with Crippen LogP contribution in [0.15, 0.2) is 83.6 Å². The number of carboxylic acids is 2. The fourth-order valence-electron chi connectivity index (χ4n) is 2.88. The summed E-state index contributed by atoms with van der Waals surface area (Å²) in [6.45, 7) is 0. The average Bonchev–Trinajstić information content (AvgIpc) is 2.63. The summed E-state index contributed by atoms with van der Waals surface area (Å²) in [6, 6.07) is 18.6. The molecule has 0 heterocycles. The predicted octanol–water partition coefficient (Wildman–Crippen LogP) is 3.97. The van der Waals surface area contributed by atoms with Crippen LogP contribution in [-0.2, 0) is 9.59 Å². The van der Waals surface area contributed by atoms with Crippen molar-refractivity contribution in [2.24, 2.45) is 0 Å². The molecular weight excluding hydrogens is 318 g/mol. The number of para-hydroxylation sites is 2. The van der Waals surface area contributed by atoms with E-state index in [1.807, 2.05) is 60.7 Å². The summed E-state index contributed by atoms with van der Waals surface area (Å²) < 4.78 is 0. The minimum absolute atomic E-state index is 0.180. The standard InChI is InChI=1S/C20H17NO4/c22-19(23)14-11-12-17(20(24)25)18(13-14)21(15-7-3-1-4-8-15)16-9-5-2-6-10-16/h1-10,13H,11-12H2,(H,22,23)(H,24,25). The Morgan fingerprint density at radius 2 is 1.28 bits per heavy atom. The van der Waals surface area contributed by atoms with Gasteiger partial charge in [0.2, 0.25) is 0 Å². The average molecular weight is 335 g/mol. The summed E-state index contributed by atoms with van der Waals surface area (Å²) in [5, 5.41) is 19.0.